The molecule has 0 bridgehead atoms. The van der Waals surface area contributed by atoms with Gasteiger partial charge >= 0.3 is 6.18 Å². The van der Waals surface area contributed by atoms with Crippen LogP contribution in [0.15, 0.2) is 29.2 Å². The molecule has 2 rings (SSSR count). The van der Waals surface area contributed by atoms with E-state index >= 15 is 0 Å². The molecule has 1 aromatic rings. The van der Waals surface area contributed by atoms with Crippen LogP contribution in [0.5, 0.6) is 0 Å². The predicted octanol–water partition coefficient (Wildman–Crippen LogP) is 2.14. The summed E-state index contributed by atoms with van der Waals surface area (Å²) in [5.74, 6) is -1.61. The van der Waals surface area contributed by atoms with E-state index in [9.17, 15) is 21.6 Å². The molecule has 8 heteroatoms. The normalized spacial score (nSPS) is 21.4. The average Bonchev–Trinajstić information content (AvgIpc) is 2.46. The van der Waals surface area contributed by atoms with E-state index < -0.39 is 28.7 Å². The molecule has 1 saturated heterocycles. The summed E-state index contributed by atoms with van der Waals surface area (Å²) in [5.41, 5.74) is 0.542. The van der Waals surface area contributed by atoms with Gasteiger partial charge in [-0.3, -0.25) is 0 Å². The van der Waals surface area contributed by atoms with Crippen LogP contribution in [0.4, 0.5) is 13.2 Å². The molecule has 0 aliphatic carbocycles. The fraction of sp³-hybridized carbons (Fsp3) is 0.538. The first-order valence-electron chi connectivity index (χ1n) is 6.52. The molecule has 1 fully saturated rings. The summed E-state index contributed by atoms with van der Waals surface area (Å²) in [7, 11) is -3.93. The van der Waals surface area contributed by atoms with E-state index in [4.69, 9.17) is 5.11 Å². The standard InChI is InChI=1S/C13H16F3NO3S/c14-13(15,16)11-2-1-7-17(8-11)21(19,20)12-5-3-10(9-18)4-6-12/h3-6,11,18H,1-2,7-9H2. The van der Waals surface area contributed by atoms with Crippen LogP contribution in [-0.2, 0) is 16.6 Å². The monoisotopic (exact) mass is 323 g/mol. The number of sulfonamides is 1. The number of piperidine rings is 1. The van der Waals surface area contributed by atoms with Crippen LogP contribution in [0.25, 0.3) is 0 Å². The number of aliphatic hydroxyl groups excluding tert-OH is 1. The van der Waals surface area contributed by atoms with Crippen molar-refractivity contribution in [3.63, 3.8) is 0 Å². The molecule has 1 N–H and O–H groups in total. The molecule has 0 spiro atoms. The van der Waals surface area contributed by atoms with Gasteiger partial charge in [-0.05, 0) is 30.5 Å². The zero-order chi connectivity index (χ0) is 15.7. The highest BCUT2D eigenvalue weighted by Crippen LogP contribution is 2.34. The molecule has 4 nitrogen and oxygen atoms in total. The van der Waals surface area contributed by atoms with Crippen molar-refractivity contribution in [2.24, 2.45) is 5.92 Å². The molecule has 0 saturated carbocycles. The number of hydrogen-bond donors (Lipinski definition) is 1. The fourth-order valence-electron chi connectivity index (χ4n) is 2.34. The topological polar surface area (TPSA) is 57.6 Å². The lowest BCUT2D eigenvalue weighted by molar-refractivity contribution is -0.182. The van der Waals surface area contributed by atoms with Gasteiger partial charge in [-0.2, -0.15) is 17.5 Å². The Morgan fingerprint density at radius 3 is 2.38 bits per heavy atom. The van der Waals surface area contributed by atoms with Crippen molar-refractivity contribution in [2.75, 3.05) is 13.1 Å². The van der Waals surface area contributed by atoms with Crippen molar-refractivity contribution in [1.29, 1.82) is 0 Å². The van der Waals surface area contributed by atoms with Crippen molar-refractivity contribution in [2.45, 2.75) is 30.5 Å². The lowest BCUT2D eigenvalue weighted by Crippen LogP contribution is -2.44. The zero-order valence-corrected chi connectivity index (χ0v) is 12.0. The Kier molecular flexibility index (Phi) is 4.60. The van der Waals surface area contributed by atoms with Crippen molar-refractivity contribution in [1.82, 2.24) is 4.31 Å². The van der Waals surface area contributed by atoms with Gasteiger partial charge in [0.25, 0.3) is 0 Å². The van der Waals surface area contributed by atoms with E-state index in [2.05, 4.69) is 0 Å². The summed E-state index contributed by atoms with van der Waals surface area (Å²) in [5, 5.41) is 8.92. The van der Waals surface area contributed by atoms with Crippen LogP contribution in [-0.4, -0.2) is 37.1 Å². The average molecular weight is 323 g/mol. The van der Waals surface area contributed by atoms with Gasteiger partial charge in [0.1, 0.15) is 0 Å². The first-order chi connectivity index (χ1) is 9.75. The third-order valence-corrected chi connectivity index (χ3v) is 5.47. The molecular weight excluding hydrogens is 307 g/mol. The number of rotatable bonds is 3. The molecule has 118 valence electrons. The second kappa shape index (κ2) is 5.94. The molecule has 1 heterocycles. The first-order valence-corrected chi connectivity index (χ1v) is 7.96. The van der Waals surface area contributed by atoms with Crippen molar-refractivity contribution >= 4 is 10.0 Å². The van der Waals surface area contributed by atoms with Gasteiger partial charge in [0.15, 0.2) is 0 Å². The highest BCUT2D eigenvalue weighted by Gasteiger charge is 2.44. The van der Waals surface area contributed by atoms with Crippen LogP contribution < -0.4 is 0 Å². The SMILES string of the molecule is O=S(=O)(c1ccc(CO)cc1)N1CCCC(C(F)(F)F)C1. The summed E-state index contributed by atoms with van der Waals surface area (Å²) in [6.07, 6.45) is -4.23. The van der Waals surface area contributed by atoms with Crippen LogP contribution >= 0.6 is 0 Å². The molecule has 21 heavy (non-hydrogen) atoms. The highest BCUT2D eigenvalue weighted by atomic mass is 32.2. The lowest BCUT2D eigenvalue weighted by atomic mass is 9.99. The van der Waals surface area contributed by atoms with Gasteiger partial charge in [-0.1, -0.05) is 12.1 Å². The van der Waals surface area contributed by atoms with Crippen LogP contribution in [0.3, 0.4) is 0 Å². The highest BCUT2D eigenvalue weighted by molar-refractivity contribution is 7.89. The maximum absolute atomic E-state index is 12.8. The van der Waals surface area contributed by atoms with Crippen LogP contribution in [0.2, 0.25) is 0 Å². The molecule has 1 atom stereocenters. The molecule has 1 unspecified atom stereocenters. The number of halogens is 3. The Morgan fingerprint density at radius 2 is 1.86 bits per heavy atom. The fourth-order valence-corrected chi connectivity index (χ4v) is 3.87. The van der Waals surface area contributed by atoms with Crippen molar-refractivity contribution in [3.8, 4) is 0 Å². The predicted molar refractivity (Wildman–Crippen MR) is 69.9 cm³/mol. The van der Waals surface area contributed by atoms with Crippen molar-refractivity contribution in [3.05, 3.63) is 29.8 Å². The minimum Gasteiger partial charge on any atom is -0.392 e. The van der Waals surface area contributed by atoms with E-state index in [1.165, 1.54) is 24.3 Å². The van der Waals surface area contributed by atoms with Gasteiger partial charge in [0.2, 0.25) is 10.0 Å². The van der Waals surface area contributed by atoms with Gasteiger partial charge < -0.3 is 5.11 Å². The minimum absolute atomic E-state index is 0.0427. The third kappa shape index (κ3) is 3.56. The summed E-state index contributed by atoms with van der Waals surface area (Å²) in [6.45, 7) is -0.662. The number of nitrogens with zero attached hydrogens (tertiary/aromatic N) is 1. The summed E-state index contributed by atoms with van der Waals surface area (Å²) in [4.78, 5) is -0.0532. The summed E-state index contributed by atoms with van der Waals surface area (Å²) >= 11 is 0. The summed E-state index contributed by atoms with van der Waals surface area (Å²) in [6, 6.07) is 5.49. The van der Waals surface area contributed by atoms with Gasteiger partial charge in [0.05, 0.1) is 17.4 Å². The second-order valence-corrected chi connectivity index (χ2v) is 6.98. The number of aliphatic hydroxyl groups is 1. The number of hydrogen-bond acceptors (Lipinski definition) is 3. The molecular formula is C13H16F3NO3S. The largest absolute Gasteiger partial charge is 0.393 e. The Hall–Kier alpha value is -1.12. The molecule has 0 radical (unpaired) electrons. The number of alkyl halides is 3. The van der Waals surface area contributed by atoms with E-state index in [-0.39, 0.29) is 30.9 Å². The molecule has 0 amide bonds. The summed E-state index contributed by atoms with van der Waals surface area (Å²) < 4.78 is 63.9. The Morgan fingerprint density at radius 1 is 1.24 bits per heavy atom. The smallest absolute Gasteiger partial charge is 0.392 e. The second-order valence-electron chi connectivity index (χ2n) is 5.05. The van der Waals surface area contributed by atoms with E-state index in [0.29, 0.717) is 5.56 Å². The first kappa shape index (κ1) is 16.3. The Balaban J connectivity index is 2.22. The molecule has 1 aliphatic heterocycles. The molecule has 1 aliphatic rings. The zero-order valence-electron chi connectivity index (χ0n) is 11.2. The van der Waals surface area contributed by atoms with Gasteiger partial charge in [-0.25, -0.2) is 8.42 Å². The molecule has 1 aromatic carbocycles. The van der Waals surface area contributed by atoms with E-state index in [0.717, 1.165) is 4.31 Å². The van der Waals surface area contributed by atoms with Crippen molar-refractivity contribution < 1.29 is 26.7 Å². The third-order valence-electron chi connectivity index (χ3n) is 3.59. The minimum atomic E-state index is -4.38. The van der Waals surface area contributed by atoms with Gasteiger partial charge in [-0.15, -0.1) is 0 Å². The van der Waals surface area contributed by atoms with Crippen LogP contribution in [0, 0.1) is 5.92 Å². The Bertz CT molecular complexity index is 584. The maximum Gasteiger partial charge on any atom is 0.393 e. The molecule has 0 aromatic heterocycles. The maximum atomic E-state index is 12.8. The van der Waals surface area contributed by atoms with E-state index in [1.54, 1.807) is 0 Å². The lowest BCUT2D eigenvalue weighted by Gasteiger charge is -2.32. The quantitative estimate of drug-likeness (QED) is 0.927. The van der Waals surface area contributed by atoms with Crippen LogP contribution in [0.1, 0.15) is 18.4 Å². The van der Waals surface area contributed by atoms with Gasteiger partial charge in [0, 0.05) is 13.1 Å². The number of benzene rings is 1. The Labute approximate surface area is 121 Å². The van der Waals surface area contributed by atoms with E-state index in [1.807, 2.05) is 0 Å².